The molecule has 0 aliphatic rings. The lowest BCUT2D eigenvalue weighted by Gasteiger charge is -2.13. The van der Waals surface area contributed by atoms with Crippen LogP contribution in [-0.2, 0) is 16.6 Å². The molecule has 0 saturated carbocycles. The summed E-state index contributed by atoms with van der Waals surface area (Å²) in [5, 5.41) is 0.662. The molecule has 3 aromatic carbocycles. The van der Waals surface area contributed by atoms with Gasteiger partial charge in [0.15, 0.2) is 0 Å². The summed E-state index contributed by atoms with van der Waals surface area (Å²) in [6.07, 6.45) is 0.865. The van der Waals surface area contributed by atoms with Crippen molar-refractivity contribution in [1.29, 1.82) is 0 Å². The van der Waals surface area contributed by atoms with Crippen LogP contribution in [0, 0.1) is 6.92 Å². The van der Waals surface area contributed by atoms with Crippen LogP contribution in [0.25, 0.3) is 27.5 Å². The average molecular weight is 581 g/mol. The van der Waals surface area contributed by atoms with Gasteiger partial charge in [0, 0.05) is 16.4 Å². The molecule has 188 valence electrons. The van der Waals surface area contributed by atoms with Crippen molar-refractivity contribution in [2.24, 2.45) is 0 Å². The summed E-state index contributed by atoms with van der Waals surface area (Å²) in [6, 6.07) is 19.4. The Kier molecular flexibility index (Phi) is 6.12. The molecule has 0 unspecified atom stereocenters. The van der Waals surface area contributed by atoms with Gasteiger partial charge in [0.1, 0.15) is 5.69 Å². The number of aromatic nitrogens is 3. The molecule has 0 saturated heterocycles. The maximum atomic E-state index is 13.6. The van der Waals surface area contributed by atoms with Gasteiger partial charge in [0.2, 0.25) is 10.0 Å². The highest BCUT2D eigenvalue weighted by molar-refractivity contribution is 9.10. The zero-order valence-corrected chi connectivity index (χ0v) is 22.2. The number of carbonyl (C=O) groups excluding carboxylic acids is 1. The quantitative estimate of drug-likeness (QED) is 0.329. The lowest BCUT2D eigenvalue weighted by Crippen LogP contribution is -2.37. The van der Waals surface area contributed by atoms with E-state index < -0.39 is 27.2 Å². The number of nitrogens with zero attached hydrogens (tertiary/aromatic N) is 2. The predicted molar refractivity (Wildman–Crippen MR) is 146 cm³/mol. The molecule has 2 aromatic heterocycles. The maximum Gasteiger partial charge on any atom is 0.333 e. The summed E-state index contributed by atoms with van der Waals surface area (Å²) in [6.45, 7) is 2.12. The fraction of sp³-hybridized carbons (Fsp3) is 0.115. The van der Waals surface area contributed by atoms with Gasteiger partial charge in [0.05, 0.1) is 28.4 Å². The Balaban J connectivity index is 1.93. The summed E-state index contributed by atoms with van der Waals surface area (Å²) in [5.41, 5.74) is 1.19. The molecule has 0 aliphatic heterocycles. The molecule has 0 spiro atoms. The molecule has 0 aliphatic carbocycles. The van der Waals surface area contributed by atoms with Gasteiger partial charge >= 0.3 is 5.69 Å². The second-order valence-corrected chi connectivity index (χ2v) is 11.4. The molecule has 9 nitrogen and oxygen atoms in total. The Bertz CT molecular complexity index is 1950. The van der Waals surface area contributed by atoms with Crippen molar-refractivity contribution in [3.63, 3.8) is 0 Å². The largest absolute Gasteiger partial charge is 0.333 e. The molecule has 37 heavy (non-hydrogen) atoms. The van der Waals surface area contributed by atoms with E-state index >= 15 is 0 Å². The van der Waals surface area contributed by atoms with E-state index in [4.69, 9.17) is 0 Å². The van der Waals surface area contributed by atoms with E-state index in [9.17, 15) is 22.8 Å². The number of sulfonamides is 1. The molecule has 11 heteroatoms. The van der Waals surface area contributed by atoms with Crippen molar-refractivity contribution in [1.82, 2.24) is 18.8 Å². The van der Waals surface area contributed by atoms with Crippen LogP contribution in [0.15, 0.2) is 80.8 Å². The number of aryl methyl sites for hydroxylation is 1. The van der Waals surface area contributed by atoms with Crippen LogP contribution in [0.2, 0.25) is 0 Å². The Morgan fingerprint density at radius 2 is 1.76 bits per heavy atom. The summed E-state index contributed by atoms with van der Waals surface area (Å²) < 4.78 is 29.3. The van der Waals surface area contributed by atoms with E-state index in [0.29, 0.717) is 20.9 Å². The van der Waals surface area contributed by atoms with Crippen LogP contribution < -0.4 is 16.0 Å². The maximum absolute atomic E-state index is 13.6. The number of H-pyrrole nitrogens is 1. The van der Waals surface area contributed by atoms with Crippen LogP contribution in [0.3, 0.4) is 0 Å². The first-order chi connectivity index (χ1) is 17.5. The van der Waals surface area contributed by atoms with Crippen molar-refractivity contribution in [2.45, 2.75) is 13.5 Å². The predicted octanol–water partition coefficient (Wildman–Crippen LogP) is 3.44. The number of rotatable bonds is 5. The molecular formula is C26H21BrN4O5S. The van der Waals surface area contributed by atoms with Crippen molar-refractivity contribution in [3.8, 4) is 5.69 Å². The van der Waals surface area contributed by atoms with Gasteiger partial charge in [-0.2, -0.15) is 0 Å². The lowest BCUT2D eigenvalue weighted by molar-refractivity contribution is 0.0973. The van der Waals surface area contributed by atoms with Gasteiger partial charge in [-0.1, -0.05) is 57.9 Å². The molecule has 1 amide bonds. The number of hydrogen-bond donors (Lipinski definition) is 2. The Hall–Kier alpha value is -3.96. The summed E-state index contributed by atoms with van der Waals surface area (Å²) in [5.74, 6) is -0.961. The van der Waals surface area contributed by atoms with Gasteiger partial charge in [-0.25, -0.2) is 22.5 Å². The van der Waals surface area contributed by atoms with Gasteiger partial charge < -0.3 is 9.55 Å². The van der Waals surface area contributed by atoms with Crippen molar-refractivity contribution in [2.75, 3.05) is 6.26 Å². The standard InChI is InChI=1S/C26H21BrN4O5S/c1-15-6-5-7-16(12-15)14-30-21-11-10-17(27)13-19(21)22(23(30)24(32)29-37(2,35)36)31-25(33)18-8-3-4-9-20(18)28-26(31)34/h3-13H,14H2,1-2H3,(H,28,34)(H,29,32). The Labute approximate surface area is 219 Å². The number of nitrogens with one attached hydrogen (secondary N) is 2. The first kappa shape index (κ1) is 24.7. The van der Waals surface area contributed by atoms with Crippen molar-refractivity contribution < 1.29 is 13.2 Å². The molecule has 2 N–H and O–H groups in total. The molecule has 5 rings (SSSR count). The minimum Gasteiger partial charge on any atom is -0.330 e. The number of fused-ring (bicyclic) bond motifs is 2. The topological polar surface area (TPSA) is 123 Å². The molecule has 5 aromatic rings. The van der Waals surface area contributed by atoms with E-state index in [0.717, 1.165) is 21.9 Å². The number of hydrogen-bond acceptors (Lipinski definition) is 5. The lowest BCUT2D eigenvalue weighted by atomic mass is 10.1. The Morgan fingerprint density at radius 3 is 2.49 bits per heavy atom. The van der Waals surface area contributed by atoms with E-state index in [1.807, 2.05) is 35.9 Å². The fourth-order valence-corrected chi connectivity index (χ4v) is 5.30. The third-order valence-electron chi connectivity index (χ3n) is 5.94. The van der Waals surface area contributed by atoms with E-state index in [1.165, 1.54) is 0 Å². The average Bonchev–Trinajstić information content (AvgIpc) is 3.11. The zero-order chi connectivity index (χ0) is 26.5. The number of halogens is 1. The van der Waals surface area contributed by atoms with Crippen molar-refractivity contribution >= 4 is 53.7 Å². The number of benzene rings is 3. The highest BCUT2D eigenvalue weighted by Crippen LogP contribution is 2.32. The molecule has 0 fully saturated rings. The van der Waals surface area contributed by atoms with Crippen LogP contribution in [0.4, 0.5) is 0 Å². The minimum atomic E-state index is -3.96. The fourth-order valence-electron chi connectivity index (χ4n) is 4.51. The molecule has 2 heterocycles. The van der Waals surface area contributed by atoms with Gasteiger partial charge in [-0.05, 0) is 42.8 Å². The van der Waals surface area contributed by atoms with E-state index in [2.05, 4.69) is 20.9 Å². The second kappa shape index (κ2) is 9.16. The van der Waals surface area contributed by atoms with Crippen LogP contribution >= 0.6 is 15.9 Å². The monoisotopic (exact) mass is 580 g/mol. The smallest absolute Gasteiger partial charge is 0.330 e. The molecule has 0 radical (unpaired) electrons. The summed E-state index contributed by atoms with van der Waals surface area (Å²) in [4.78, 5) is 43.1. The van der Waals surface area contributed by atoms with E-state index in [-0.39, 0.29) is 23.3 Å². The van der Waals surface area contributed by atoms with E-state index in [1.54, 1.807) is 47.0 Å². The number of para-hydroxylation sites is 1. The number of aromatic amines is 1. The molecular weight excluding hydrogens is 560 g/mol. The second-order valence-electron chi connectivity index (χ2n) is 8.75. The molecule has 0 atom stereocenters. The van der Waals surface area contributed by atoms with Crippen LogP contribution in [-0.4, -0.2) is 34.7 Å². The highest BCUT2D eigenvalue weighted by atomic mass is 79.9. The first-order valence-electron chi connectivity index (χ1n) is 11.2. The molecule has 0 bridgehead atoms. The van der Waals surface area contributed by atoms with Crippen LogP contribution in [0.5, 0.6) is 0 Å². The Morgan fingerprint density at radius 1 is 1.00 bits per heavy atom. The number of amides is 1. The third kappa shape index (κ3) is 4.63. The number of carbonyl (C=O) groups is 1. The normalized spacial score (nSPS) is 11.8. The minimum absolute atomic E-state index is 0.0119. The first-order valence-corrected chi connectivity index (χ1v) is 13.9. The van der Waals surface area contributed by atoms with Gasteiger partial charge in [-0.3, -0.25) is 9.59 Å². The van der Waals surface area contributed by atoms with Crippen LogP contribution in [0.1, 0.15) is 21.6 Å². The van der Waals surface area contributed by atoms with Crippen molar-refractivity contribution in [3.05, 3.63) is 109 Å². The SMILES string of the molecule is Cc1cccc(Cn2c(C(=O)NS(C)(=O)=O)c(-n3c(=O)[nH]c4ccccc4c3=O)c3cc(Br)ccc32)c1. The third-order valence-corrected chi connectivity index (χ3v) is 6.99. The van der Waals surface area contributed by atoms with Gasteiger partial charge in [0.25, 0.3) is 11.5 Å². The van der Waals surface area contributed by atoms with Gasteiger partial charge in [-0.15, -0.1) is 0 Å². The highest BCUT2D eigenvalue weighted by Gasteiger charge is 2.28. The zero-order valence-electron chi connectivity index (χ0n) is 19.8. The summed E-state index contributed by atoms with van der Waals surface area (Å²) in [7, 11) is -3.96. The summed E-state index contributed by atoms with van der Waals surface area (Å²) >= 11 is 3.43.